The fraction of sp³-hybridized carbons (Fsp3) is 1.00. The molecule has 0 aromatic rings. The van der Waals surface area contributed by atoms with Gasteiger partial charge in [-0.3, -0.25) is 0 Å². The highest BCUT2D eigenvalue weighted by molar-refractivity contribution is 4.73. The van der Waals surface area contributed by atoms with Crippen molar-refractivity contribution in [2.45, 2.75) is 19.0 Å². The minimum absolute atomic E-state index is 0.163. The van der Waals surface area contributed by atoms with Gasteiger partial charge in [0.1, 0.15) is 6.61 Å². The second-order valence-corrected chi connectivity index (χ2v) is 4.51. The van der Waals surface area contributed by atoms with E-state index in [9.17, 15) is 13.2 Å². The summed E-state index contributed by atoms with van der Waals surface area (Å²) in [7, 11) is 1.94. The van der Waals surface area contributed by atoms with E-state index < -0.39 is 12.8 Å². The maximum atomic E-state index is 11.8. The first-order valence-electron chi connectivity index (χ1n) is 6.02. The molecule has 1 saturated heterocycles. The van der Waals surface area contributed by atoms with E-state index >= 15 is 0 Å². The third-order valence-corrected chi connectivity index (χ3v) is 3.02. The van der Waals surface area contributed by atoms with Crippen molar-refractivity contribution < 1.29 is 17.9 Å². The summed E-state index contributed by atoms with van der Waals surface area (Å²) >= 11 is 0. The van der Waals surface area contributed by atoms with E-state index in [2.05, 4.69) is 15.0 Å². The van der Waals surface area contributed by atoms with Crippen molar-refractivity contribution >= 4 is 0 Å². The first-order valence-corrected chi connectivity index (χ1v) is 6.02. The Morgan fingerprint density at radius 2 is 1.94 bits per heavy atom. The van der Waals surface area contributed by atoms with Crippen LogP contribution in [0.5, 0.6) is 0 Å². The highest BCUT2D eigenvalue weighted by Gasteiger charge is 2.27. The Morgan fingerprint density at radius 1 is 1.29 bits per heavy atom. The lowest BCUT2D eigenvalue weighted by Gasteiger charge is -2.31. The molecule has 0 amide bonds. The number of hydrogen-bond acceptors (Lipinski definition) is 3. The molecule has 3 nitrogen and oxygen atoms in total. The predicted octanol–water partition coefficient (Wildman–Crippen LogP) is 1.50. The molecule has 1 aliphatic rings. The highest BCUT2D eigenvalue weighted by atomic mass is 19.4. The Kier molecular flexibility index (Phi) is 6.22. The molecular formula is C11H21F3N2O. The lowest BCUT2D eigenvalue weighted by atomic mass is 9.97. The van der Waals surface area contributed by atoms with Crippen molar-refractivity contribution in [3.63, 3.8) is 0 Å². The smallest absolute Gasteiger partial charge is 0.371 e. The number of alkyl halides is 3. The zero-order valence-corrected chi connectivity index (χ0v) is 10.2. The Labute approximate surface area is 100 Å². The molecule has 0 aromatic heterocycles. The van der Waals surface area contributed by atoms with Gasteiger partial charge in [0.05, 0.1) is 6.61 Å². The summed E-state index contributed by atoms with van der Waals surface area (Å²) < 4.78 is 40.0. The van der Waals surface area contributed by atoms with E-state index in [1.807, 2.05) is 7.05 Å². The second-order valence-electron chi connectivity index (χ2n) is 4.51. The summed E-state index contributed by atoms with van der Waals surface area (Å²) in [6, 6.07) is 0. The number of rotatable bonds is 6. The van der Waals surface area contributed by atoms with E-state index in [-0.39, 0.29) is 6.61 Å². The molecule has 17 heavy (non-hydrogen) atoms. The van der Waals surface area contributed by atoms with Crippen molar-refractivity contribution in [1.29, 1.82) is 0 Å². The van der Waals surface area contributed by atoms with Gasteiger partial charge in [-0.05, 0) is 45.4 Å². The van der Waals surface area contributed by atoms with Crippen LogP contribution in [0.2, 0.25) is 0 Å². The topological polar surface area (TPSA) is 24.5 Å². The van der Waals surface area contributed by atoms with Gasteiger partial charge in [0.2, 0.25) is 0 Å². The van der Waals surface area contributed by atoms with Crippen molar-refractivity contribution in [1.82, 2.24) is 10.2 Å². The normalized spacial score (nSPS) is 19.8. The summed E-state index contributed by atoms with van der Waals surface area (Å²) in [5.41, 5.74) is 0. The largest absolute Gasteiger partial charge is 0.411 e. The number of halogens is 3. The van der Waals surface area contributed by atoms with E-state index in [0.29, 0.717) is 12.5 Å². The Hall–Kier alpha value is -0.330. The van der Waals surface area contributed by atoms with Gasteiger partial charge in [-0.1, -0.05) is 0 Å². The second kappa shape index (κ2) is 7.18. The fourth-order valence-corrected chi connectivity index (χ4v) is 2.08. The van der Waals surface area contributed by atoms with Crippen LogP contribution in [0.25, 0.3) is 0 Å². The number of likely N-dealkylation sites (tertiary alicyclic amines) is 1. The van der Waals surface area contributed by atoms with Gasteiger partial charge in [-0.2, -0.15) is 13.2 Å². The Balaban J connectivity index is 2.02. The third kappa shape index (κ3) is 6.85. The van der Waals surface area contributed by atoms with Crippen LogP contribution in [-0.2, 0) is 4.74 Å². The summed E-state index contributed by atoms with van der Waals surface area (Å²) in [5, 5.41) is 3.15. The number of nitrogens with zero attached hydrogens (tertiary/aromatic N) is 1. The van der Waals surface area contributed by atoms with Crippen molar-refractivity contribution in [3.05, 3.63) is 0 Å². The SMILES string of the molecule is CNCC1CCN(CCOCC(F)(F)F)CC1. The van der Waals surface area contributed by atoms with Gasteiger partial charge in [0.15, 0.2) is 0 Å². The zero-order valence-electron chi connectivity index (χ0n) is 10.2. The molecule has 1 rings (SSSR count). The van der Waals surface area contributed by atoms with Crippen LogP contribution in [0, 0.1) is 5.92 Å². The lowest BCUT2D eigenvalue weighted by molar-refractivity contribution is -0.174. The number of nitrogens with one attached hydrogen (secondary N) is 1. The van der Waals surface area contributed by atoms with Crippen molar-refractivity contribution in [2.75, 3.05) is 46.4 Å². The van der Waals surface area contributed by atoms with E-state index in [1.165, 1.54) is 0 Å². The first kappa shape index (κ1) is 14.7. The van der Waals surface area contributed by atoms with Gasteiger partial charge in [0.25, 0.3) is 0 Å². The standard InChI is InChI=1S/C11H21F3N2O/c1-15-8-10-2-4-16(5-3-10)6-7-17-9-11(12,13)14/h10,15H,2-9H2,1H3. The Bertz CT molecular complexity index is 203. The zero-order chi connectivity index (χ0) is 12.7. The molecule has 0 radical (unpaired) electrons. The number of piperidine rings is 1. The molecule has 1 aliphatic heterocycles. The Morgan fingerprint density at radius 3 is 2.47 bits per heavy atom. The van der Waals surface area contributed by atoms with Crippen LogP contribution in [0.15, 0.2) is 0 Å². The molecule has 0 bridgehead atoms. The van der Waals surface area contributed by atoms with Gasteiger partial charge in [-0.25, -0.2) is 0 Å². The maximum Gasteiger partial charge on any atom is 0.411 e. The summed E-state index contributed by atoms with van der Waals surface area (Å²) in [6.07, 6.45) is -1.99. The molecule has 1 fully saturated rings. The highest BCUT2D eigenvalue weighted by Crippen LogP contribution is 2.16. The quantitative estimate of drug-likeness (QED) is 0.727. The molecule has 1 heterocycles. The molecular weight excluding hydrogens is 233 g/mol. The molecule has 0 aromatic carbocycles. The summed E-state index contributed by atoms with van der Waals surface area (Å²) in [5.74, 6) is 0.701. The summed E-state index contributed by atoms with van der Waals surface area (Å²) in [6.45, 7) is 2.57. The average molecular weight is 254 g/mol. The first-order chi connectivity index (χ1) is 8.01. The molecule has 102 valence electrons. The number of ether oxygens (including phenoxy) is 1. The molecule has 6 heteroatoms. The van der Waals surface area contributed by atoms with Crippen molar-refractivity contribution in [3.8, 4) is 0 Å². The minimum atomic E-state index is -4.21. The van der Waals surface area contributed by atoms with E-state index in [0.717, 1.165) is 32.5 Å². The van der Waals surface area contributed by atoms with Crippen LogP contribution < -0.4 is 5.32 Å². The molecule has 0 spiro atoms. The molecule has 0 saturated carbocycles. The molecule has 0 aliphatic carbocycles. The van der Waals surface area contributed by atoms with Gasteiger partial charge in [-0.15, -0.1) is 0 Å². The maximum absolute atomic E-state index is 11.8. The van der Waals surface area contributed by atoms with Gasteiger partial charge < -0.3 is 15.0 Å². The van der Waals surface area contributed by atoms with Gasteiger partial charge >= 0.3 is 6.18 Å². The van der Waals surface area contributed by atoms with Crippen LogP contribution in [0.4, 0.5) is 13.2 Å². The molecule has 0 atom stereocenters. The molecule has 0 unspecified atom stereocenters. The van der Waals surface area contributed by atoms with Crippen LogP contribution >= 0.6 is 0 Å². The number of hydrogen-bond donors (Lipinski definition) is 1. The third-order valence-electron chi connectivity index (χ3n) is 3.02. The van der Waals surface area contributed by atoms with E-state index in [4.69, 9.17) is 0 Å². The minimum Gasteiger partial charge on any atom is -0.371 e. The van der Waals surface area contributed by atoms with Crippen LogP contribution in [-0.4, -0.2) is 57.5 Å². The lowest BCUT2D eigenvalue weighted by Crippen LogP contribution is -2.38. The summed E-state index contributed by atoms with van der Waals surface area (Å²) in [4.78, 5) is 2.17. The van der Waals surface area contributed by atoms with E-state index in [1.54, 1.807) is 0 Å². The predicted molar refractivity (Wildman–Crippen MR) is 60.0 cm³/mol. The van der Waals surface area contributed by atoms with Crippen molar-refractivity contribution in [2.24, 2.45) is 5.92 Å². The molecule has 1 N–H and O–H groups in total. The average Bonchev–Trinajstić information content (AvgIpc) is 2.26. The monoisotopic (exact) mass is 254 g/mol. The van der Waals surface area contributed by atoms with Gasteiger partial charge in [0, 0.05) is 6.54 Å². The fourth-order valence-electron chi connectivity index (χ4n) is 2.08. The van der Waals surface area contributed by atoms with Crippen LogP contribution in [0.1, 0.15) is 12.8 Å². The van der Waals surface area contributed by atoms with Crippen LogP contribution in [0.3, 0.4) is 0 Å².